The van der Waals surface area contributed by atoms with Crippen LogP contribution in [0.3, 0.4) is 0 Å². The summed E-state index contributed by atoms with van der Waals surface area (Å²) in [4.78, 5) is 9.45. The molecule has 0 fully saturated rings. The van der Waals surface area contributed by atoms with Gasteiger partial charge in [-0.15, -0.1) is 0 Å². The van der Waals surface area contributed by atoms with Crippen molar-refractivity contribution < 1.29 is 36.7 Å². The SMILES string of the molecule is CC(O)C(=O)O.[BaH2].[Ti]. The maximum Gasteiger partial charge on any atom is 0 e. The van der Waals surface area contributed by atoms with Crippen LogP contribution in [-0.4, -0.2) is 71.2 Å². The minimum Gasteiger partial charge on any atom is 0 e. The number of hydrogen-bond donors (Lipinski definition) is 2. The van der Waals surface area contributed by atoms with Crippen molar-refractivity contribution in [1.29, 1.82) is 0 Å². The van der Waals surface area contributed by atoms with Crippen LogP contribution < -0.4 is 0 Å². The Labute approximate surface area is 103 Å². The molecule has 2 N–H and O–H groups in total. The Kier molecular flexibility index (Phi) is 17.8. The van der Waals surface area contributed by atoms with Gasteiger partial charge in [0, 0.05) is 21.7 Å². The van der Waals surface area contributed by atoms with E-state index in [0.29, 0.717) is 0 Å². The van der Waals surface area contributed by atoms with Crippen molar-refractivity contribution in [2.45, 2.75) is 13.0 Å². The topological polar surface area (TPSA) is 57.5 Å². The molecule has 0 amide bonds. The van der Waals surface area contributed by atoms with E-state index in [1.54, 1.807) is 0 Å². The Morgan fingerprint density at radius 1 is 1.62 bits per heavy atom. The van der Waals surface area contributed by atoms with E-state index in [9.17, 15) is 4.79 Å². The third kappa shape index (κ3) is 10.7. The standard InChI is InChI=1S/C3H6O3.Ba.Ti.2H/c1-2(4)3(5)6;;;;/h2,4H,1H3,(H,5,6);;;;. The number of carboxylic acid groups (broad SMARTS) is 1. The van der Waals surface area contributed by atoms with Crippen LogP contribution >= 0.6 is 0 Å². The van der Waals surface area contributed by atoms with Crippen LogP contribution in [0, 0.1) is 0 Å². The molecule has 0 aliphatic heterocycles. The summed E-state index contributed by atoms with van der Waals surface area (Å²) in [5.74, 6) is -1.19. The van der Waals surface area contributed by atoms with E-state index in [-0.39, 0.29) is 70.6 Å². The first kappa shape index (κ1) is 16.4. The average Bonchev–Trinajstić information content (AvgIpc) is 1.36. The van der Waals surface area contributed by atoms with E-state index in [1.165, 1.54) is 6.92 Å². The van der Waals surface area contributed by atoms with Gasteiger partial charge in [0.2, 0.25) is 0 Å². The van der Waals surface area contributed by atoms with E-state index < -0.39 is 12.1 Å². The van der Waals surface area contributed by atoms with Gasteiger partial charge in [0.05, 0.1) is 0 Å². The number of carboxylic acids is 1. The smallest absolute Gasteiger partial charge is 0 e. The van der Waals surface area contributed by atoms with Gasteiger partial charge in [-0.1, -0.05) is 0 Å². The number of carbonyl (C=O) groups is 1. The summed E-state index contributed by atoms with van der Waals surface area (Å²) < 4.78 is 0. The molecule has 0 aliphatic carbocycles. The van der Waals surface area contributed by atoms with Crippen LogP contribution in [0.2, 0.25) is 0 Å². The predicted molar refractivity (Wildman–Crippen MR) is 27.9 cm³/mol. The van der Waals surface area contributed by atoms with Crippen molar-refractivity contribution in [2.24, 2.45) is 0 Å². The zero-order valence-corrected chi connectivity index (χ0v) is 5.44. The largest absolute Gasteiger partial charge is 0 e. The third-order valence-electron chi connectivity index (χ3n) is 0.357. The van der Waals surface area contributed by atoms with Gasteiger partial charge in [-0.2, -0.15) is 0 Å². The Balaban J connectivity index is -0.000000125. The first-order chi connectivity index (χ1) is 2.64. The van der Waals surface area contributed by atoms with Crippen molar-refractivity contribution >= 4 is 54.9 Å². The summed E-state index contributed by atoms with van der Waals surface area (Å²) in [5, 5.41) is 15.8. The monoisotopic (exact) mass is 278 g/mol. The first-order valence-corrected chi connectivity index (χ1v) is 1.55. The Hall–Kier alpha value is 1.72. The molecule has 3 nitrogen and oxygen atoms in total. The molecular formula is C3H8BaO3Ti. The molecule has 0 saturated carbocycles. The number of aliphatic hydroxyl groups excluding tert-OH is 1. The second kappa shape index (κ2) is 8.72. The third-order valence-corrected chi connectivity index (χ3v) is 0.357. The molecule has 0 aromatic rings. The summed E-state index contributed by atoms with van der Waals surface area (Å²) in [5.41, 5.74) is 0. The summed E-state index contributed by atoms with van der Waals surface area (Å²) in [6, 6.07) is 0. The van der Waals surface area contributed by atoms with Crippen molar-refractivity contribution in [2.75, 3.05) is 0 Å². The molecule has 5 heteroatoms. The number of aliphatic hydroxyl groups is 1. The molecule has 0 bridgehead atoms. The molecule has 0 aromatic heterocycles. The maximum atomic E-state index is 9.45. The molecule has 0 aromatic carbocycles. The second-order valence-corrected chi connectivity index (χ2v) is 1.01. The van der Waals surface area contributed by atoms with Crippen molar-refractivity contribution in [3.8, 4) is 0 Å². The molecule has 0 aliphatic rings. The van der Waals surface area contributed by atoms with E-state index in [4.69, 9.17) is 10.2 Å². The van der Waals surface area contributed by atoms with Crippen LogP contribution in [0.25, 0.3) is 0 Å². The minimum atomic E-state index is -1.23. The number of rotatable bonds is 1. The van der Waals surface area contributed by atoms with Gasteiger partial charge in [0.1, 0.15) is 6.10 Å². The molecule has 0 saturated heterocycles. The summed E-state index contributed by atoms with van der Waals surface area (Å²) in [7, 11) is 0. The Bertz CT molecular complexity index is 65.5. The molecule has 0 radical (unpaired) electrons. The quantitative estimate of drug-likeness (QED) is 0.576. The number of hydrogen-bond acceptors (Lipinski definition) is 2. The molecule has 0 rings (SSSR count). The zero-order chi connectivity index (χ0) is 5.15. The normalized spacial score (nSPS) is 10.2. The summed E-state index contributed by atoms with van der Waals surface area (Å²) in [6.45, 7) is 1.20. The summed E-state index contributed by atoms with van der Waals surface area (Å²) in [6.07, 6.45) is -1.23. The number of aliphatic carboxylic acids is 1. The maximum absolute atomic E-state index is 9.45. The van der Waals surface area contributed by atoms with Crippen LogP contribution in [0.15, 0.2) is 0 Å². The molecule has 1 unspecified atom stereocenters. The van der Waals surface area contributed by atoms with E-state index >= 15 is 0 Å². The van der Waals surface area contributed by atoms with Gasteiger partial charge >= 0.3 is 54.9 Å². The fourth-order valence-corrected chi connectivity index (χ4v) is 0. The van der Waals surface area contributed by atoms with Gasteiger partial charge in [0.25, 0.3) is 0 Å². The predicted octanol–water partition coefficient (Wildman–Crippen LogP) is -1.47. The van der Waals surface area contributed by atoms with Crippen LogP contribution in [0.1, 0.15) is 6.92 Å². The van der Waals surface area contributed by atoms with Gasteiger partial charge in [-0.05, 0) is 6.92 Å². The van der Waals surface area contributed by atoms with Crippen LogP contribution in [0.4, 0.5) is 0 Å². The van der Waals surface area contributed by atoms with Gasteiger partial charge in [-0.25, -0.2) is 4.79 Å². The van der Waals surface area contributed by atoms with E-state index in [1.807, 2.05) is 0 Å². The Morgan fingerprint density at radius 2 is 1.75 bits per heavy atom. The zero-order valence-electron chi connectivity index (χ0n) is 3.88. The molecule has 0 spiro atoms. The van der Waals surface area contributed by atoms with Gasteiger partial charge in [-0.3, -0.25) is 0 Å². The molecule has 44 valence electrons. The van der Waals surface area contributed by atoms with Crippen molar-refractivity contribution in [3.05, 3.63) is 0 Å². The van der Waals surface area contributed by atoms with E-state index in [2.05, 4.69) is 0 Å². The fraction of sp³-hybridized carbons (Fsp3) is 0.667. The average molecular weight is 277 g/mol. The van der Waals surface area contributed by atoms with Gasteiger partial charge < -0.3 is 10.2 Å². The summed E-state index contributed by atoms with van der Waals surface area (Å²) >= 11 is 0. The van der Waals surface area contributed by atoms with Gasteiger partial charge in [0.15, 0.2) is 0 Å². The van der Waals surface area contributed by atoms with Crippen LogP contribution in [-0.2, 0) is 26.5 Å². The molecule has 8 heavy (non-hydrogen) atoms. The Morgan fingerprint density at radius 3 is 1.75 bits per heavy atom. The van der Waals surface area contributed by atoms with Crippen molar-refractivity contribution in [1.82, 2.24) is 0 Å². The second-order valence-electron chi connectivity index (χ2n) is 1.01. The fourth-order valence-electron chi connectivity index (χ4n) is 0. The minimum absolute atomic E-state index is 0. The molecule has 1 atom stereocenters. The van der Waals surface area contributed by atoms with E-state index in [0.717, 1.165) is 0 Å². The molecule has 0 heterocycles. The van der Waals surface area contributed by atoms with Crippen molar-refractivity contribution in [3.63, 3.8) is 0 Å². The van der Waals surface area contributed by atoms with Crippen LogP contribution in [0.5, 0.6) is 0 Å². The first-order valence-electron chi connectivity index (χ1n) is 1.55. The molecular weight excluding hydrogens is 269 g/mol.